The molecule has 2 aromatic carbocycles. The molecule has 0 fully saturated rings. The Kier molecular flexibility index (Phi) is 9.91. The Balaban J connectivity index is 0.000000208. The van der Waals surface area contributed by atoms with Crippen LogP contribution in [0.5, 0.6) is 0 Å². The van der Waals surface area contributed by atoms with Gasteiger partial charge < -0.3 is 10.6 Å². The molecule has 2 N–H and O–H groups in total. The lowest BCUT2D eigenvalue weighted by atomic mass is 9.88. The molecule has 4 aromatic heterocycles. The Morgan fingerprint density at radius 1 is 0.635 bits per heavy atom. The van der Waals surface area contributed by atoms with Crippen LogP contribution in [-0.4, -0.2) is 51.2 Å². The number of fused-ring (bicyclic) bond motifs is 2. The second-order valence-electron chi connectivity index (χ2n) is 14.0. The molecule has 0 bridgehead atoms. The van der Waals surface area contributed by atoms with Crippen molar-refractivity contribution < 1.29 is 24.7 Å². The lowest BCUT2D eigenvalue weighted by molar-refractivity contribution is 0.358. The number of halogens is 7. The fourth-order valence-electron chi connectivity index (χ4n) is 4.76. The third-order valence-corrected chi connectivity index (χ3v) is 8.87. The molecule has 0 radical (unpaired) electrons. The predicted molar refractivity (Wildman–Crippen MR) is 192 cm³/mol. The second-order valence-corrected chi connectivity index (χ2v) is 14.8. The molecule has 0 spiro atoms. The van der Waals surface area contributed by atoms with Gasteiger partial charge in [0.1, 0.15) is 63.7 Å². The van der Waals surface area contributed by atoms with E-state index in [0.29, 0.717) is 17.7 Å². The molecule has 6 rings (SSSR count). The van der Waals surface area contributed by atoms with Crippen LogP contribution in [0.25, 0.3) is 33.8 Å². The molecule has 2 atom stereocenters. The number of nitrogens with zero attached hydrogens (tertiary/aromatic N) is 8. The summed E-state index contributed by atoms with van der Waals surface area (Å²) in [4.78, 5) is 16.0. The van der Waals surface area contributed by atoms with E-state index in [2.05, 4.69) is 40.8 Å². The summed E-state index contributed by atoms with van der Waals surface area (Å²) in [6, 6.07) is 1.02. The van der Waals surface area contributed by atoms with Crippen LogP contribution in [0.2, 0.25) is 10.3 Å². The summed E-state index contributed by atoms with van der Waals surface area (Å²) < 4.78 is 91.5. The van der Waals surface area contributed by atoms with E-state index >= 15 is 0 Å². The van der Waals surface area contributed by atoms with E-state index in [1.165, 1.54) is 33.8 Å². The molecule has 0 saturated carbocycles. The molecule has 10 nitrogen and oxygen atoms in total. The number of hydrogen-bond donors (Lipinski definition) is 2. The Labute approximate surface area is 309 Å². The molecule has 52 heavy (non-hydrogen) atoms. The zero-order valence-electron chi connectivity index (χ0n) is 31.7. The third-order valence-electron chi connectivity index (χ3n) is 8.32. The van der Waals surface area contributed by atoms with Crippen molar-refractivity contribution in [2.45, 2.75) is 74.3 Å². The quantitative estimate of drug-likeness (QED) is 0.128. The van der Waals surface area contributed by atoms with E-state index in [1.807, 2.05) is 41.5 Å². The minimum absolute atomic E-state index is 0.00704. The van der Waals surface area contributed by atoms with Gasteiger partial charge in [0.15, 0.2) is 0 Å². The Hall–Kier alpha value is -4.63. The largest absolute Gasteiger partial charge is 0.366 e. The van der Waals surface area contributed by atoms with Crippen molar-refractivity contribution in [3.63, 3.8) is 0 Å². The van der Waals surface area contributed by atoms with E-state index in [4.69, 9.17) is 25.9 Å². The fraction of sp³-hybridized carbons (Fsp3) is 0.371. The van der Waals surface area contributed by atoms with E-state index in [1.54, 1.807) is 20.8 Å². The molecule has 4 heterocycles. The Morgan fingerprint density at radius 3 is 1.33 bits per heavy atom. The van der Waals surface area contributed by atoms with E-state index in [0.717, 1.165) is 0 Å². The highest BCUT2D eigenvalue weighted by Crippen LogP contribution is 2.40. The SMILES string of the molecule is [2H][C@@](C)(Nc1c(-c2c(F)cc(C)cc2F)c(Cl)nc2ncnn12)C(C)(C)C.[2H][C@](C)(Nc1c(-c2c(F)cc(F)cc2F)c(Cl)nc2ncnn12)C(C)(C)C. The number of benzene rings is 2. The summed E-state index contributed by atoms with van der Waals surface area (Å²) in [5.74, 6) is -4.50. The molecule has 6 aromatic rings. The van der Waals surface area contributed by atoms with Gasteiger partial charge in [-0.05, 0) is 49.3 Å². The van der Waals surface area contributed by atoms with Gasteiger partial charge in [-0.2, -0.15) is 39.2 Å². The molecule has 276 valence electrons. The summed E-state index contributed by atoms with van der Waals surface area (Å²) in [6.45, 7) is 16.0. The van der Waals surface area contributed by atoms with Crippen molar-refractivity contribution in [2.75, 3.05) is 10.6 Å². The zero-order valence-corrected chi connectivity index (χ0v) is 31.2. The van der Waals surface area contributed by atoms with Crippen LogP contribution in [0.3, 0.4) is 0 Å². The summed E-state index contributed by atoms with van der Waals surface area (Å²) in [5, 5.41) is 13.7. The average Bonchev–Trinajstić information content (AvgIpc) is 3.67. The summed E-state index contributed by atoms with van der Waals surface area (Å²) in [5.41, 5.74) is -1.74. The maximum atomic E-state index is 14.7. The number of aromatic nitrogens is 8. The second kappa shape index (κ2) is 14.4. The van der Waals surface area contributed by atoms with Gasteiger partial charge in [0.25, 0.3) is 11.6 Å². The number of nitrogens with one attached hydrogen (secondary N) is 2. The van der Waals surface area contributed by atoms with Gasteiger partial charge in [-0.1, -0.05) is 64.7 Å². The first-order valence-corrected chi connectivity index (χ1v) is 16.6. The highest BCUT2D eigenvalue weighted by Gasteiger charge is 2.29. The number of rotatable bonds is 6. The molecule has 0 saturated heterocycles. The van der Waals surface area contributed by atoms with Gasteiger partial charge in [-0.25, -0.2) is 22.0 Å². The van der Waals surface area contributed by atoms with Crippen molar-refractivity contribution in [1.29, 1.82) is 0 Å². The maximum absolute atomic E-state index is 14.7. The molecule has 0 aliphatic heterocycles. The molecular weight excluding hydrogens is 726 g/mol. The fourth-order valence-corrected chi connectivity index (χ4v) is 5.28. The first-order valence-electron chi connectivity index (χ1n) is 16.8. The minimum Gasteiger partial charge on any atom is -0.366 e. The van der Waals surface area contributed by atoms with Crippen LogP contribution in [0.15, 0.2) is 36.9 Å². The first kappa shape index (κ1) is 35.8. The Bertz CT molecular complexity index is 2180. The number of anilines is 2. The molecule has 0 aliphatic rings. The van der Waals surface area contributed by atoms with Gasteiger partial charge >= 0.3 is 0 Å². The number of aryl methyl sites for hydroxylation is 1. The lowest BCUT2D eigenvalue weighted by Crippen LogP contribution is -2.32. The molecule has 0 aliphatic carbocycles. The van der Waals surface area contributed by atoms with Gasteiger partial charge in [0.2, 0.25) is 0 Å². The van der Waals surface area contributed by atoms with E-state index in [9.17, 15) is 22.0 Å². The summed E-state index contributed by atoms with van der Waals surface area (Å²) in [7, 11) is 0. The van der Waals surface area contributed by atoms with Crippen LogP contribution in [0, 0.1) is 46.8 Å². The zero-order chi connectivity index (χ0) is 40.3. The highest BCUT2D eigenvalue weighted by atomic mass is 35.5. The average molecular weight is 766 g/mol. The van der Waals surface area contributed by atoms with Crippen LogP contribution < -0.4 is 10.6 Å². The smallest absolute Gasteiger partial charge is 0.255 e. The van der Waals surface area contributed by atoms with Crippen LogP contribution in [0.4, 0.5) is 33.6 Å². The van der Waals surface area contributed by atoms with Gasteiger partial charge in [-0.3, -0.25) is 0 Å². The van der Waals surface area contributed by atoms with Crippen molar-refractivity contribution in [3.05, 3.63) is 81.9 Å². The first-order chi connectivity index (χ1) is 24.8. The molecular formula is C35H37Cl2F5N10. The van der Waals surface area contributed by atoms with Crippen molar-refractivity contribution in [3.8, 4) is 22.3 Å². The van der Waals surface area contributed by atoms with Crippen LogP contribution in [0.1, 0.15) is 63.7 Å². The van der Waals surface area contributed by atoms with E-state index < -0.39 is 57.5 Å². The van der Waals surface area contributed by atoms with Crippen LogP contribution in [-0.2, 0) is 0 Å². The standard InChI is InChI=1S/C18H20ClF2N5.C17H17ClF3N5/c1-9-6-11(20)13(12(21)7-9)14-15(19)25-17-22-8-23-26(17)16(14)24-10(2)18(3,4)5;1-8(17(2,3)4)24-15-13(12-10(20)5-9(19)6-11(12)21)14(18)25-16-22-7-23-26(15)16/h6-8,10,24H,1-5H3;5-8,24H,1-4H3/t10-;8-/m01/s1/i10D;8D. The minimum atomic E-state index is -1.29. The van der Waals surface area contributed by atoms with Gasteiger partial charge in [0, 0.05) is 24.2 Å². The molecule has 0 amide bonds. The highest BCUT2D eigenvalue weighted by molar-refractivity contribution is 6.33. The summed E-state index contributed by atoms with van der Waals surface area (Å²) >= 11 is 12.5. The van der Waals surface area contributed by atoms with Crippen LogP contribution >= 0.6 is 23.2 Å². The molecule has 0 unspecified atom stereocenters. The predicted octanol–water partition coefficient (Wildman–Crippen LogP) is 9.59. The van der Waals surface area contributed by atoms with Gasteiger partial charge in [-0.15, -0.1) is 0 Å². The normalized spacial score (nSPS) is 15.0. The molecule has 17 heteroatoms. The topological polar surface area (TPSA) is 110 Å². The van der Waals surface area contributed by atoms with Crippen molar-refractivity contribution >= 4 is 46.4 Å². The van der Waals surface area contributed by atoms with E-state index in [-0.39, 0.29) is 50.2 Å². The van der Waals surface area contributed by atoms with Crippen molar-refractivity contribution in [1.82, 2.24) is 39.2 Å². The summed E-state index contributed by atoms with van der Waals surface area (Å²) in [6.07, 6.45) is 2.46. The van der Waals surface area contributed by atoms with Crippen molar-refractivity contribution in [2.24, 2.45) is 10.8 Å². The third kappa shape index (κ3) is 7.75. The lowest BCUT2D eigenvalue weighted by Gasteiger charge is -2.30. The van der Waals surface area contributed by atoms with Gasteiger partial charge in [0.05, 0.1) is 25.0 Å². The Morgan fingerprint density at radius 2 is 0.981 bits per heavy atom. The number of hydrogen-bond acceptors (Lipinski definition) is 8. The monoisotopic (exact) mass is 764 g/mol. The maximum Gasteiger partial charge on any atom is 0.255 e.